The molecule has 3 rings (SSSR count). The van der Waals surface area contributed by atoms with Crippen molar-refractivity contribution < 1.29 is 4.84 Å². The standard InChI is InChI=1S/C19H20Cl2N4O/c1-24(2)8-5-9-26-25(17-11-15(20)10-16(21)12-17)19-22-13-14-6-3-4-7-18(14)23-19/h3-4,6-7,10-13H,5,8-9H2,1-2H3. The van der Waals surface area contributed by atoms with Gasteiger partial charge in [-0.25, -0.2) is 9.97 Å². The Kier molecular flexibility index (Phi) is 6.27. The van der Waals surface area contributed by atoms with E-state index in [0.717, 1.165) is 23.9 Å². The lowest BCUT2D eigenvalue weighted by atomic mass is 10.2. The molecule has 0 atom stereocenters. The third-order valence-corrected chi connectivity index (χ3v) is 4.15. The fraction of sp³-hybridized carbons (Fsp3) is 0.263. The molecular weight excluding hydrogens is 371 g/mol. The predicted octanol–water partition coefficient (Wildman–Crippen LogP) is 4.96. The zero-order chi connectivity index (χ0) is 18.5. The molecule has 0 N–H and O–H groups in total. The van der Waals surface area contributed by atoms with E-state index in [-0.39, 0.29) is 0 Å². The van der Waals surface area contributed by atoms with Gasteiger partial charge in [-0.2, -0.15) is 5.06 Å². The Morgan fingerprint density at radius 2 is 1.77 bits per heavy atom. The summed E-state index contributed by atoms with van der Waals surface area (Å²) in [6, 6.07) is 13.0. The zero-order valence-electron chi connectivity index (χ0n) is 14.7. The molecule has 0 aliphatic carbocycles. The highest BCUT2D eigenvalue weighted by molar-refractivity contribution is 6.35. The lowest BCUT2D eigenvalue weighted by molar-refractivity contribution is 0.124. The zero-order valence-corrected chi connectivity index (χ0v) is 16.2. The fourth-order valence-electron chi connectivity index (χ4n) is 2.50. The van der Waals surface area contributed by atoms with E-state index in [1.54, 1.807) is 29.5 Å². The number of rotatable bonds is 7. The largest absolute Gasteiger partial charge is 0.309 e. The quantitative estimate of drug-likeness (QED) is 0.421. The minimum atomic E-state index is 0.437. The summed E-state index contributed by atoms with van der Waals surface area (Å²) in [6.45, 7) is 1.43. The molecule has 26 heavy (non-hydrogen) atoms. The van der Waals surface area contributed by atoms with Gasteiger partial charge in [0.25, 0.3) is 5.95 Å². The molecule has 5 nitrogen and oxygen atoms in total. The van der Waals surface area contributed by atoms with Crippen molar-refractivity contribution in [2.75, 3.05) is 32.3 Å². The maximum atomic E-state index is 6.17. The highest BCUT2D eigenvalue weighted by Gasteiger charge is 2.16. The lowest BCUT2D eigenvalue weighted by Gasteiger charge is -2.23. The minimum absolute atomic E-state index is 0.437. The molecule has 1 aromatic heterocycles. The first-order chi connectivity index (χ1) is 12.5. The van der Waals surface area contributed by atoms with E-state index in [1.165, 1.54) is 0 Å². The van der Waals surface area contributed by atoms with Crippen LogP contribution in [0.3, 0.4) is 0 Å². The normalized spacial score (nSPS) is 11.3. The van der Waals surface area contributed by atoms with Crippen LogP contribution in [0, 0.1) is 0 Å². The van der Waals surface area contributed by atoms with Gasteiger partial charge in [-0.15, -0.1) is 0 Å². The molecule has 2 aromatic carbocycles. The number of nitrogens with zero attached hydrogens (tertiary/aromatic N) is 4. The van der Waals surface area contributed by atoms with Crippen LogP contribution in [-0.4, -0.2) is 42.1 Å². The van der Waals surface area contributed by atoms with Crippen molar-refractivity contribution in [3.63, 3.8) is 0 Å². The Morgan fingerprint density at radius 3 is 2.50 bits per heavy atom. The Hall–Kier alpha value is -1.92. The van der Waals surface area contributed by atoms with Gasteiger partial charge in [0.15, 0.2) is 0 Å². The Bertz CT molecular complexity index is 868. The summed E-state index contributed by atoms with van der Waals surface area (Å²) in [5.41, 5.74) is 1.52. The highest BCUT2D eigenvalue weighted by Crippen LogP contribution is 2.30. The van der Waals surface area contributed by atoms with Crippen molar-refractivity contribution in [1.82, 2.24) is 14.9 Å². The van der Waals surface area contributed by atoms with E-state index in [1.807, 2.05) is 38.4 Å². The van der Waals surface area contributed by atoms with E-state index in [9.17, 15) is 0 Å². The Labute approximate surface area is 163 Å². The number of fused-ring (bicyclic) bond motifs is 1. The van der Waals surface area contributed by atoms with Crippen LogP contribution in [0.2, 0.25) is 10.0 Å². The summed E-state index contributed by atoms with van der Waals surface area (Å²) in [7, 11) is 4.06. The number of hydrogen-bond acceptors (Lipinski definition) is 5. The number of aromatic nitrogens is 2. The van der Waals surface area contributed by atoms with E-state index < -0.39 is 0 Å². The van der Waals surface area contributed by atoms with E-state index >= 15 is 0 Å². The second kappa shape index (κ2) is 8.64. The SMILES string of the molecule is CN(C)CCCON(c1cc(Cl)cc(Cl)c1)c1ncc2ccccc2n1. The summed E-state index contributed by atoms with van der Waals surface area (Å²) in [6.07, 6.45) is 2.64. The van der Waals surface area contributed by atoms with Crippen LogP contribution in [0.15, 0.2) is 48.7 Å². The van der Waals surface area contributed by atoms with Gasteiger partial charge in [0, 0.05) is 21.6 Å². The van der Waals surface area contributed by atoms with Crippen molar-refractivity contribution in [3.8, 4) is 0 Å². The molecular formula is C19H20Cl2N4O. The Balaban J connectivity index is 1.92. The van der Waals surface area contributed by atoms with E-state index in [2.05, 4.69) is 14.9 Å². The molecule has 136 valence electrons. The number of anilines is 2. The maximum Gasteiger partial charge on any atom is 0.255 e. The van der Waals surface area contributed by atoms with Crippen LogP contribution in [-0.2, 0) is 4.84 Å². The van der Waals surface area contributed by atoms with Gasteiger partial charge in [0.2, 0.25) is 0 Å². The molecule has 0 spiro atoms. The van der Waals surface area contributed by atoms with Crippen LogP contribution < -0.4 is 5.06 Å². The molecule has 0 unspecified atom stereocenters. The molecule has 0 saturated heterocycles. The third-order valence-electron chi connectivity index (χ3n) is 3.71. The first-order valence-corrected chi connectivity index (χ1v) is 9.04. The highest BCUT2D eigenvalue weighted by atomic mass is 35.5. The topological polar surface area (TPSA) is 41.5 Å². The van der Waals surface area contributed by atoms with Gasteiger partial charge >= 0.3 is 0 Å². The van der Waals surface area contributed by atoms with E-state index in [4.69, 9.17) is 28.0 Å². The van der Waals surface area contributed by atoms with Crippen molar-refractivity contribution in [1.29, 1.82) is 0 Å². The van der Waals surface area contributed by atoms with Crippen LogP contribution in [0.1, 0.15) is 6.42 Å². The second-order valence-electron chi connectivity index (χ2n) is 6.14. The van der Waals surface area contributed by atoms with Crippen LogP contribution in [0.4, 0.5) is 11.6 Å². The summed E-state index contributed by atoms with van der Waals surface area (Å²) in [5.74, 6) is 0.437. The lowest BCUT2D eigenvalue weighted by Crippen LogP contribution is -2.23. The van der Waals surface area contributed by atoms with Crippen LogP contribution in [0.5, 0.6) is 0 Å². The van der Waals surface area contributed by atoms with Crippen LogP contribution >= 0.6 is 23.2 Å². The van der Waals surface area contributed by atoms with Crippen molar-refractivity contribution in [3.05, 3.63) is 58.7 Å². The molecule has 3 aromatic rings. The predicted molar refractivity (Wildman–Crippen MR) is 107 cm³/mol. The second-order valence-corrected chi connectivity index (χ2v) is 7.01. The Morgan fingerprint density at radius 1 is 1.04 bits per heavy atom. The molecule has 7 heteroatoms. The maximum absolute atomic E-state index is 6.17. The van der Waals surface area contributed by atoms with Crippen molar-refractivity contribution >= 4 is 45.7 Å². The van der Waals surface area contributed by atoms with Gasteiger partial charge in [-0.05, 0) is 51.3 Å². The number of benzene rings is 2. The van der Waals surface area contributed by atoms with Crippen LogP contribution in [0.25, 0.3) is 10.9 Å². The first kappa shape index (κ1) is 18.9. The summed E-state index contributed by atoms with van der Waals surface area (Å²) >= 11 is 12.3. The summed E-state index contributed by atoms with van der Waals surface area (Å²) in [4.78, 5) is 17.2. The average molecular weight is 391 g/mol. The minimum Gasteiger partial charge on any atom is -0.309 e. The average Bonchev–Trinajstić information content (AvgIpc) is 2.60. The van der Waals surface area contributed by atoms with Gasteiger partial charge < -0.3 is 4.90 Å². The number of hydrogen-bond donors (Lipinski definition) is 0. The van der Waals surface area contributed by atoms with Gasteiger partial charge in [-0.1, -0.05) is 41.4 Å². The third kappa shape index (κ3) is 4.83. The number of para-hydroxylation sites is 1. The summed E-state index contributed by atoms with van der Waals surface area (Å²) < 4.78 is 0. The van der Waals surface area contributed by atoms with Crippen molar-refractivity contribution in [2.24, 2.45) is 0 Å². The fourth-order valence-corrected chi connectivity index (χ4v) is 3.02. The molecule has 0 radical (unpaired) electrons. The van der Waals surface area contributed by atoms with E-state index in [0.29, 0.717) is 28.3 Å². The van der Waals surface area contributed by atoms with Gasteiger partial charge in [-0.3, -0.25) is 4.84 Å². The molecule has 0 fully saturated rings. The van der Waals surface area contributed by atoms with Gasteiger partial charge in [0.05, 0.1) is 17.8 Å². The molecule has 0 aliphatic heterocycles. The molecule has 0 aliphatic rings. The first-order valence-electron chi connectivity index (χ1n) is 8.28. The smallest absolute Gasteiger partial charge is 0.255 e. The summed E-state index contributed by atoms with van der Waals surface area (Å²) in [5, 5.41) is 3.60. The monoisotopic (exact) mass is 390 g/mol. The van der Waals surface area contributed by atoms with Gasteiger partial charge in [0.1, 0.15) is 0 Å². The number of halogens is 2. The molecule has 0 bridgehead atoms. The molecule has 0 amide bonds. The molecule has 1 heterocycles. The van der Waals surface area contributed by atoms with Crippen molar-refractivity contribution in [2.45, 2.75) is 6.42 Å². The molecule has 0 saturated carbocycles.